The van der Waals surface area contributed by atoms with Crippen LogP contribution in [0.3, 0.4) is 0 Å². The largest absolute Gasteiger partial charge is 0.266 e. The molecule has 1 rings (SSSR count). The summed E-state index contributed by atoms with van der Waals surface area (Å²) in [6.45, 7) is 0. The Kier molecular flexibility index (Phi) is 3.47. The molecule has 1 heterocycles. The SMILES string of the molecule is O=S(=O)(Cl)c1c(C(F)F)cnc(F)c1Cl. The quantitative estimate of drug-likeness (QED) is 0.618. The van der Waals surface area contributed by atoms with Crippen molar-refractivity contribution in [1.82, 2.24) is 4.98 Å². The fraction of sp³-hybridized carbons (Fsp3) is 0.167. The molecule has 0 aliphatic carbocycles. The van der Waals surface area contributed by atoms with Crippen LogP contribution >= 0.6 is 22.3 Å². The van der Waals surface area contributed by atoms with Gasteiger partial charge in [0.05, 0.1) is 5.56 Å². The Morgan fingerprint density at radius 3 is 2.33 bits per heavy atom. The highest BCUT2D eigenvalue weighted by Gasteiger charge is 2.27. The lowest BCUT2D eigenvalue weighted by molar-refractivity contribution is 0.147. The van der Waals surface area contributed by atoms with Crippen LogP contribution < -0.4 is 0 Å². The third-order valence-electron chi connectivity index (χ3n) is 1.44. The van der Waals surface area contributed by atoms with Gasteiger partial charge in [-0.3, -0.25) is 0 Å². The molecule has 0 N–H and O–H groups in total. The minimum atomic E-state index is -4.55. The zero-order valence-corrected chi connectivity index (χ0v) is 9.04. The number of alkyl halides is 2. The van der Waals surface area contributed by atoms with E-state index in [0.29, 0.717) is 6.20 Å². The second-order valence-electron chi connectivity index (χ2n) is 2.39. The third kappa shape index (κ3) is 2.53. The number of halogens is 5. The number of rotatable bonds is 2. The second kappa shape index (κ2) is 4.15. The molecule has 1 aromatic heterocycles. The molecular weight excluding hydrogens is 278 g/mol. The minimum absolute atomic E-state index is 0.376. The Bertz CT molecular complexity index is 491. The Morgan fingerprint density at radius 1 is 1.40 bits per heavy atom. The first kappa shape index (κ1) is 12.5. The monoisotopic (exact) mass is 279 g/mol. The average Bonchev–Trinajstić information content (AvgIpc) is 2.06. The number of nitrogens with zero attached hydrogens (tertiary/aromatic N) is 1. The van der Waals surface area contributed by atoms with Crippen LogP contribution in [0.4, 0.5) is 13.2 Å². The van der Waals surface area contributed by atoms with E-state index in [-0.39, 0.29) is 0 Å². The Labute approximate surface area is 92.2 Å². The van der Waals surface area contributed by atoms with Gasteiger partial charge in [0.2, 0.25) is 5.95 Å². The molecule has 0 radical (unpaired) electrons. The molecule has 0 aliphatic heterocycles. The summed E-state index contributed by atoms with van der Waals surface area (Å²) in [5.41, 5.74) is -1.03. The van der Waals surface area contributed by atoms with Crippen LogP contribution in [0.25, 0.3) is 0 Å². The molecule has 1 aromatic rings. The van der Waals surface area contributed by atoms with Gasteiger partial charge < -0.3 is 0 Å². The number of hydrogen-bond donors (Lipinski definition) is 0. The highest BCUT2D eigenvalue weighted by atomic mass is 35.7. The zero-order valence-electron chi connectivity index (χ0n) is 6.72. The maximum Gasteiger partial charge on any atom is 0.266 e. The van der Waals surface area contributed by atoms with E-state index in [9.17, 15) is 21.6 Å². The van der Waals surface area contributed by atoms with Gasteiger partial charge in [-0.25, -0.2) is 22.2 Å². The molecule has 15 heavy (non-hydrogen) atoms. The van der Waals surface area contributed by atoms with Gasteiger partial charge in [-0.2, -0.15) is 4.39 Å². The van der Waals surface area contributed by atoms with Gasteiger partial charge in [-0.1, -0.05) is 11.6 Å². The smallest absolute Gasteiger partial charge is 0.226 e. The van der Waals surface area contributed by atoms with Crippen molar-refractivity contribution in [1.29, 1.82) is 0 Å². The van der Waals surface area contributed by atoms with E-state index in [4.69, 9.17) is 22.3 Å². The van der Waals surface area contributed by atoms with Crippen LogP contribution in [0.2, 0.25) is 5.02 Å². The van der Waals surface area contributed by atoms with Gasteiger partial charge in [0.25, 0.3) is 15.5 Å². The fourth-order valence-electron chi connectivity index (χ4n) is 0.865. The third-order valence-corrected chi connectivity index (χ3v) is 3.29. The maximum absolute atomic E-state index is 12.7. The van der Waals surface area contributed by atoms with E-state index in [1.54, 1.807) is 0 Å². The van der Waals surface area contributed by atoms with E-state index in [1.165, 1.54) is 0 Å². The van der Waals surface area contributed by atoms with Crippen molar-refractivity contribution in [3.63, 3.8) is 0 Å². The molecule has 0 saturated heterocycles. The molecule has 0 fully saturated rings. The number of pyridine rings is 1. The molecule has 0 aliphatic rings. The summed E-state index contributed by atoms with van der Waals surface area (Å²) in [6.07, 6.45) is -2.79. The van der Waals surface area contributed by atoms with Gasteiger partial charge in [0, 0.05) is 16.9 Å². The Hall–Kier alpha value is -0.530. The lowest BCUT2D eigenvalue weighted by Crippen LogP contribution is -2.03. The van der Waals surface area contributed by atoms with Crippen molar-refractivity contribution in [3.05, 3.63) is 22.7 Å². The second-order valence-corrected chi connectivity index (χ2v) is 5.27. The molecule has 0 amide bonds. The molecule has 0 unspecified atom stereocenters. The number of aromatic nitrogens is 1. The normalized spacial score (nSPS) is 12.1. The van der Waals surface area contributed by atoms with E-state index in [1.807, 2.05) is 0 Å². The number of hydrogen-bond acceptors (Lipinski definition) is 3. The summed E-state index contributed by atoms with van der Waals surface area (Å²) in [4.78, 5) is 1.73. The minimum Gasteiger partial charge on any atom is -0.226 e. The van der Waals surface area contributed by atoms with Crippen LogP contribution in [-0.2, 0) is 9.05 Å². The summed E-state index contributed by atoms with van der Waals surface area (Å²) < 4.78 is 59.2. The standard InChI is InChI=1S/C6H2Cl2F3NO2S/c7-3-4(15(8,13)14)2(5(9)10)1-12-6(3)11/h1,5H. The van der Waals surface area contributed by atoms with Crippen LogP contribution in [0.1, 0.15) is 12.0 Å². The van der Waals surface area contributed by atoms with E-state index in [2.05, 4.69) is 4.98 Å². The van der Waals surface area contributed by atoms with Crippen LogP contribution in [0.5, 0.6) is 0 Å². The van der Waals surface area contributed by atoms with E-state index >= 15 is 0 Å². The van der Waals surface area contributed by atoms with Gasteiger partial charge in [-0.15, -0.1) is 0 Å². The van der Waals surface area contributed by atoms with Crippen LogP contribution in [-0.4, -0.2) is 13.4 Å². The lowest BCUT2D eigenvalue weighted by Gasteiger charge is -2.07. The summed E-state index contributed by atoms with van der Waals surface area (Å²) in [7, 11) is 0.294. The van der Waals surface area contributed by atoms with Crippen molar-refractivity contribution in [3.8, 4) is 0 Å². The average molecular weight is 280 g/mol. The summed E-state index contributed by atoms with van der Waals surface area (Å²) in [5.74, 6) is -1.37. The molecule has 0 spiro atoms. The summed E-state index contributed by atoms with van der Waals surface area (Å²) >= 11 is 5.19. The lowest BCUT2D eigenvalue weighted by atomic mass is 10.3. The molecule has 0 saturated carbocycles. The first-order chi connectivity index (χ1) is 6.75. The topological polar surface area (TPSA) is 47.0 Å². The summed E-state index contributed by atoms with van der Waals surface area (Å²) in [5, 5.41) is -1.04. The Balaban J connectivity index is 3.65. The molecule has 0 aromatic carbocycles. The van der Waals surface area contributed by atoms with Gasteiger partial charge >= 0.3 is 0 Å². The van der Waals surface area contributed by atoms with Crippen LogP contribution in [0.15, 0.2) is 11.1 Å². The van der Waals surface area contributed by atoms with Gasteiger partial charge in [-0.05, 0) is 0 Å². The van der Waals surface area contributed by atoms with Crippen molar-refractivity contribution in [2.45, 2.75) is 11.3 Å². The zero-order chi connectivity index (χ0) is 11.8. The molecule has 0 atom stereocenters. The molecule has 0 bridgehead atoms. The first-order valence-corrected chi connectivity index (χ1v) is 6.00. The maximum atomic E-state index is 12.7. The van der Waals surface area contributed by atoms with E-state index in [0.717, 1.165) is 0 Å². The predicted octanol–water partition coefficient (Wildman–Crippen LogP) is 2.74. The first-order valence-electron chi connectivity index (χ1n) is 3.32. The Morgan fingerprint density at radius 2 is 1.93 bits per heavy atom. The fourth-order valence-corrected chi connectivity index (χ4v) is 2.67. The molecule has 9 heteroatoms. The van der Waals surface area contributed by atoms with Gasteiger partial charge in [0.15, 0.2) is 0 Å². The van der Waals surface area contributed by atoms with Crippen LogP contribution in [0, 0.1) is 5.95 Å². The molecular formula is C6H2Cl2F3NO2S. The summed E-state index contributed by atoms with van der Waals surface area (Å²) in [6, 6.07) is 0. The molecule has 84 valence electrons. The molecule has 3 nitrogen and oxygen atoms in total. The van der Waals surface area contributed by atoms with Crippen molar-refractivity contribution < 1.29 is 21.6 Å². The van der Waals surface area contributed by atoms with Crippen molar-refractivity contribution >= 4 is 31.3 Å². The predicted molar refractivity (Wildman–Crippen MR) is 47.2 cm³/mol. The highest BCUT2D eigenvalue weighted by Crippen LogP contribution is 2.34. The highest BCUT2D eigenvalue weighted by molar-refractivity contribution is 8.13. The van der Waals surface area contributed by atoms with Crippen molar-refractivity contribution in [2.24, 2.45) is 0 Å². The van der Waals surface area contributed by atoms with Crippen molar-refractivity contribution in [2.75, 3.05) is 0 Å². The van der Waals surface area contributed by atoms with E-state index < -0.39 is 36.9 Å². The van der Waals surface area contributed by atoms with Gasteiger partial charge in [0.1, 0.15) is 9.92 Å².